The summed E-state index contributed by atoms with van der Waals surface area (Å²) in [5.74, 6) is -3.13. The summed E-state index contributed by atoms with van der Waals surface area (Å²) in [5, 5.41) is 9.26. The van der Waals surface area contributed by atoms with Crippen molar-refractivity contribution in [2.24, 2.45) is 0 Å². The van der Waals surface area contributed by atoms with E-state index in [-0.39, 0.29) is 30.1 Å². The van der Waals surface area contributed by atoms with Crippen LogP contribution in [0.25, 0.3) is 11.1 Å². The van der Waals surface area contributed by atoms with Crippen LogP contribution in [-0.4, -0.2) is 57.9 Å². The van der Waals surface area contributed by atoms with Gasteiger partial charge in [0.05, 0.1) is 11.3 Å². The minimum absolute atomic E-state index is 0.154. The molecule has 0 aliphatic rings. The fourth-order valence-electron chi connectivity index (χ4n) is 3.89. The molecule has 230 valence electrons. The number of aryl methyl sites for hydroxylation is 1. The van der Waals surface area contributed by atoms with Gasteiger partial charge in [-0.2, -0.15) is 9.49 Å². The molecule has 0 saturated carbocycles. The van der Waals surface area contributed by atoms with Crippen LogP contribution in [0, 0.1) is 25.6 Å². The Morgan fingerprint density at radius 3 is 2.34 bits per heavy atom. The number of alkyl halides is 2. The first-order chi connectivity index (χ1) is 18.9. The number of aromatic nitrogens is 3. The Morgan fingerprint density at radius 2 is 1.78 bits per heavy atom. The highest BCUT2D eigenvalue weighted by Crippen LogP contribution is 2.32. The fraction of sp³-hybridized carbons (Fsp3) is 0.630. The van der Waals surface area contributed by atoms with Gasteiger partial charge in [0.15, 0.2) is 0 Å². The van der Waals surface area contributed by atoms with Gasteiger partial charge in [-0.05, 0) is 59.9 Å². The van der Waals surface area contributed by atoms with E-state index in [1.165, 1.54) is 0 Å². The molecule has 0 spiro atoms. The smallest absolute Gasteiger partial charge is 0.408 e. The molecule has 0 unspecified atom stereocenters. The van der Waals surface area contributed by atoms with Crippen molar-refractivity contribution in [1.82, 2.24) is 20.1 Å². The summed E-state index contributed by atoms with van der Waals surface area (Å²) in [6, 6.07) is 0.816. The fourth-order valence-corrected chi connectivity index (χ4v) is 4.96. The van der Waals surface area contributed by atoms with Crippen molar-refractivity contribution in [2.45, 2.75) is 103 Å². The Kier molecular flexibility index (Phi) is 12.6. The number of ether oxygens (including phenoxy) is 2. The number of rotatable bonds is 13. The summed E-state index contributed by atoms with van der Waals surface area (Å²) < 4.78 is 43.1. The van der Waals surface area contributed by atoms with Crippen LogP contribution in [0.15, 0.2) is 6.07 Å². The lowest BCUT2D eigenvalue weighted by Gasteiger charge is -2.23. The topological polar surface area (TPSA) is 107 Å². The lowest BCUT2D eigenvalue weighted by Crippen LogP contribution is -2.46. The van der Waals surface area contributed by atoms with Crippen LogP contribution in [-0.2, 0) is 21.0 Å². The van der Waals surface area contributed by atoms with Crippen LogP contribution in [0.2, 0.25) is 25.7 Å². The maximum absolute atomic E-state index is 15.3. The zero-order chi connectivity index (χ0) is 31.1. The van der Waals surface area contributed by atoms with Crippen molar-refractivity contribution in [3.63, 3.8) is 0 Å². The number of halogens is 4. The highest BCUT2D eigenvalue weighted by molar-refractivity contribution is 6.76. The quantitative estimate of drug-likeness (QED) is 0.107. The number of nitrogens with zero attached hydrogens (tertiary/aromatic N) is 3. The molecule has 2 heterocycles. The number of anilines is 1. The van der Waals surface area contributed by atoms with E-state index >= 15 is 8.78 Å². The Labute approximate surface area is 251 Å². The summed E-state index contributed by atoms with van der Waals surface area (Å²) in [4.78, 5) is 28.5. The molecule has 9 nitrogen and oxygen atoms in total. The molecule has 0 fully saturated rings. The van der Waals surface area contributed by atoms with Gasteiger partial charge in [0.25, 0.3) is 0 Å². The molecular weight excluding hydrogens is 595 g/mol. The largest absolute Gasteiger partial charge is 0.444 e. The third-order valence-electron chi connectivity index (χ3n) is 5.94. The summed E-state index contributed by atoms with van der Waals surface area (Å²) in [7, 11) is -1.27. The first-order valence-electron chi connectivity index (χ1n) is 13.4. The summed E-state index contributed by atoms with van der Waals surface area (Å²) in [6.07, 6.45) is 0.0978. The Balaban J connectivity index is 2.23. The molecule has 0 bridgehead atoms. The second-order valence-corrected chi connectivity index (χ2v) is 19.0. The van der Waals surface area contributed by atoms with Gasteiger partial charge in [0.2, 0.25) is 11.9 Å². The molecule has 14 heteroatoms. The van der Waals surface area contributed by atoms with Gasteiger partial charge in [-0.25, -0.2) is 18.9 Å². The molecular formula is C27H41Cl2F2N5O4Si. The molecule has 41 heavy (non-hydrogen) atoms. The van der Waals surface area contributed by atoms with Crippen molar-refractivity contribution in [3.8, 4) is 11.1 Å². The number of alkyl carbamates (subject to hydrolysis) is 1. The number of nitrogens with one attached hydrogen (secondary N) is 2. The number of hydrogen-bond acceptors (Lipinski definition) is 6. The van der Waals surface area contributed by atoms with Gasteiger partial charge in [0.1, 0.15) is 34.8 Å². The van der Waals surface area contributed by atoms with Crippen molar-refractivity contribution >= 4 is 49.1 Å². The first kappa shape index (κ1) is 34.9. The SMILES string of the molecule is Cc1nn(COCC[Si](C)(C)C)c(C)c1-c1c(F)cc(NC(=O)[C@H](CCCC(Cl)Cl)NC(=O)OC(C)(C)C)nc1F. The first-order valence-corrected chi connectivity index (χ1v) is 18.0. The second kappa shape index (κ2) is 14.7. The second-order valence-electron chi connectivity index (χ2n) is 12.1. The molecule has 1 atom stereocenters. The molecule has 0 radical (unpaired) electrons. The maximum Gasteiger partial charge on any atom is 0.408 e. The van der Waals surface area contributed by atoms with Gasteiger partial charge >= 0.3 is 6.09 Å². The molecule has 0 saturated heterocycles. The van der Waals surface area contributed by atoms with E-state index in [2.05, 4.69) is 40.4 Å². The third-order valence-corrected chi connectivity index (χ3v) is 8.08. The zero-order valence-corrected chi connectivity index (χ0v) is 27.5. The van der Waals surface area contributed by atoms with Crippen molar-refractivity contribution in [2.75, 3.05) is 11.9 Å². The maximum atomic E-state index is 15.3. The van der Waals surface area contributed by atoms with Gasteiger partial charge in [-0.1, -0.05) is 19.6 Å². The highest BCUT2D eigenvalue weighted by Gasteiger charge is 2.27. The molecule has 0 aliphatic carbocycles. The van der Waals surface area contributed by atoms with Crippen LogP contribution in [0.4, 0.5) is 19.4 Å². The number of carbonyl (C=O) groups excluding carboxylic acids is 2. The van der Waals surface area contributed by atoms with E-state index < -0.39 is 48.3 Å². The van der Waals surface area contributed by atoms with Gasteiger partial charge < -0.3 is 20.1 Å². The summed E-state index contributed by atoms with van der Waals surface area (Å²) in [5.41, 5.74) is 0.0398. The number of carbonyl (C=O) groups is 2. The molecule has 2 rings (SSSR count). The molecule has 2 amide bonds. The van der Waals surface area contributed by atoms with Crippen LogP contribution < -0.4 is 10.6 Å². The van der Waals surface area contributed by atoms with Crippen LogP contribution in [0.3, 0.4) is 0 Å². The molecule has 2 N–H and O–H groups in total. The average molecular weight is 637 g/mol. The normalized spacial score (nSPS) is 12.9. The van der Waals surface area contributed by atoms with E-state index in [1.807, 2.05) is 0 Å². The predicted molar refractivity (Wildman–Crippen MR) is 160 cm³/mol. The molecule has 0 aliphatic heterocycles. The average Bonchev–Trinajstić information content (AvgIpc) is 3.06. The van der Waals surface area contributed by atoms with Gasteiger partial charge in [-0.3, -0.25) is 4.79 Å². The number of amides is 2. The van der Waals surface area contributed by atoms with Crippen molar-refractivity contribution < 1.29 is 27.8 Å². The van der Waals surface area contributed by atoms with Crippen LogP contribution in [0.1, 0.15) is 51.4 Å². The summed E-state index contributed by atoms with van der Waals surface area (Å²) >= 11 is 11.6. The van der Waals surface area contributed by atoms with Gasteiger partial charge in [0, 0.05) is 32.0 Å². The molecule has 2 aromatic heterocycles. The summed E-state index contributed by atoms with van der Waals surface area (Å²) in [6.45, 7) is 15.9. The monoisotopic (exact) mass is 635 g/mol. The van der Waals surface area contributed by atoms with Crippen LogP contribution in [0.5, 0.6) is 0 Å². The van der Waals surface area contributed by atoms with Crippen molar-refractivity contribution in [1.29, 1.82) is 0 Å². The van der Waals surface area contributed by atoms with E-state index in [0.717, 1.165) is 12.1 Å². The minimum atomic E-state index is -1.27. The Bertz CT molecular complexity index is 1190. The molecule has 2 aromatic rings. The predicted octanol–water partition coefficient (Wildman–Crippen LogP) is 6.96. The van der Waals surface area contributed by atoms with E-state index in [1.54, 1.807) is 39.3 Å². The standard InChI is InChI=1S/C27H41Cl2F2N5O4Si/c1-16-22(17(2)36(35-16)15-39-12-13-41(6,7)8)23-18(30)14-21(33-24(23)31)34-25(37)19(10-9-11-20(28)29)32-26(38)40-27(3,4)5/h14,19-20H,9-13,15H2,1-8H3,(H,32,38)(H,33,34,37)/t19-/m0/s1. The third kappa shape index (κ3) is 11.5. The Hall–Kier alpha value is -2.28. The van der Waals surface area contributed by atoms with Crippen molar-refractivity contribution in [3.05, 3.63) is 29.2 Å². The van der Waals surface area contributed by atoms with E-state index in [9.17, 15) is 9.59 Å². The Morgan fingerprint density at radius 1 is 1.12 bits per heavy atom. The zero-order valence-electron chi connectivity index (χ0n) is 25.0. The lowest BCUT2D eigenvalue weighted by molar-refractivity contribution is -0.118. The lowest BCUT2D eigenvalue weighted by atomic mass is 10.0. The van der Waals surface area contributed by atoms with Crippen LogP contribution >= 0.6 is 23.2 Å². The number of hydrogen-bond donors (Lipinski definition) is 2. The van der Waals surface area contributed by atoms with E-state index in [0.29, 0.717) is 30.8 Å². The number of pyridine rings is 1. The van der Waals surface area contributed by atoms with E-state index in [4.69, 9.17) is 32.7 Å². The minimum Gasteiger partial charge on any atom is -0.444 e. The highest BCUT2D eigenvalue weighted by atomic mass is 35.5. The van der Waals surface area contributed by atoms with Gasteiger partial charge in [-0.15, -0.1) is 23.2 Å². The molecule has 0 aromatic carbocycles.